The molecule has 0 aliphatic carbocycles. The lowest BCUT2D eigenvalue weighted by molar-refractivity contribution is 0.478. The van der Waals surface area contributed by atoms with Gasteiger partial charge in [0.25, 0.3) is 0 Å². The fraction of sp³-hybridized carbons (Fsp3) is 0.529. The maximum Gasteiger partial charge on any atom is 0.140 e. The van der Waals surface area contributed by atoms with Gasteiger partial charge in [0.15, 0.2) is 0 Å². The summed E-state index contributed by atoms with van der Waals surface area (Å²) >= 11 is 0. The van der Waals surface area contributed by atoms with Crippen molar-refractivity contribution in [1.82, 2.24) is 5.32 Å². The van der Waals surface area contributed by atoms with E-state index in [-0.39, 0.29) is 5.82 Å². The molecule has 0 fully saturated rings. The van der Waals surface area contributed by atoms with Crippen LogP contribution in [-0.4, -0.2) is 6.04 Å². The molecule has 1 heterocycles. The summed E-state index contributed by atoms with van der Waals surface area (Å²) in [4.78, 5) is 0. The first kappa shape index (κ1) is 15.0. The normalized spacial score (nSPS) is 12.0. The van der Waals surface area contributed by atoms with Gasteiger partial charge in [-0.3, -0.25) is 0 Å². The largest absolute Gasteiger partial charge is 0.459 e. The molecule has 0 bridgehead atoms. The smallest absolute Gasteiger partial charge is 0.140 e. The van der Waals surface area contributed by atoms with Crippen molar-refractivity contribution in [2.45, 2.75) is 53.6 Å². The summed E-state index contributed by atoms with van der Waals surface area (Å²) in [7, 11) is 0. The van der Waals surface area contributed by atoms with Gasteiger partial charge in [-0.15, -0.1) is 0 Å². The lowest BCUT2D eigenvalue weighted by atomic mass is 9.98. The fourth-order valence-electron chi connectivity index (χ4n) is 2.46. The Morgan fingerprint density at radius 3 is 2.50 bits per heavy atom. The van der Waals surface area contributed by atoms with Crippen molar-refractivity contribution in [3.63, 3.8) is 0 Å². The van der Waals surface area contributed by atoms with Crippen LogP contribution in [0.4, 0.5) is 4.39 Å². The van der Waals surface area contributed by atoms with Gasteiger partial charge in [-0.2, -0.15) is 0 Å². The minimum absolute atomic E-state index is 0.180. The molecule has 1 aromatic heterocycles. The number of halogens is 1. The fourth-order valence-corrected chi connectivity index (χ4v) is 2.46. The van der Waals surface area contributed by atoms with E-state index in [9.17, 15) is 4.39 Å². The van der Waals surface area contributed by atoms with Gasteiger partial charge in [0.05, 0.1) is 11.9 Å². The Hall–Kier alpha value is -1.35. The Bertz CT molecular complexity index is 599. The van der Waals surface area contributed by atoms with Crippen LogP contribution < -0.4 is 5.32 Å². The van der Waals surface area contributed by atoms with E-state index >= 15 is 0 Å². The zero-order chi connectivity index (χ0) is 14.9. The van der Waals surface area contributed by atoms with Crippen LogP contribution in [0.25, 0.3) is 11.0 Å². The van der Waals surface area contributed by atoms with Crippen LogP contribution >= 0.6 is 0 Å². The molecule has 2 aromatic rings. The van der Waals surface area contributed by atoms with Gasteiger partial charge in [0, 0.05) is 11.6 Å². The summed E-state index contributed by atoms with van der Waals surface area (Å²) in [6.07, 6.45) is 0.836. The predicted molar refractivity (Wildman–Crippen MR) is 81.4 cm³/mol. The minimum Gasteiger partial charge on any atom is -0.459 e. The summed E-state index contributed by atoms with van der Waals surface area (Å²) in [5.74, 6) is 1.16. The summed E-state index contributed by atoms with van der Waals surface area (Å²) in [6, 6.07) is 3.69. The van der Waals surface area contributed by atoms with Crippen molar-refractivity contribution in [2.75, 3.05) is 0 Å². The molecule has 0 spiro atoms. The first-order chi connectivity index (χ1) is 9.40. The Morgan fingerprint density at radius 2 is 1.90 bits per heavy atom. The standard InChI is InChI=1S/C17H24FNO/c1-10(2)8-13-15(9-19-11(3)4)20-17-12(5)6-7-14(18)16(13)17/h6-7,10-11,19H,8-9H2,1-5H3. The molecule has 2 nitrogen and oxygen atoms in total. The summed E-state index contributed by atoms with van der Waals surface area (Å²) in [5.41, 5.74) is 2.70. The predicted octanol–water partition coefficient (Wildman–Crippen LogP) is 4.58. The van der Waals surface area contributed by atoms with Crippen molar-refractivity contribution >= 4 is 11.0 Å². The third-order valence-electron chi connectivity index (χ3n) is 3.45. The molecule has 20 heavy (non-hydrogen) atoms. The first-order valence-corrected chi connectivity index (χ1v) is 7.32. The maximum absolute atomic E-state index is 14.2. The second kappa shape index (κ2) is 5.96. The van der Waals surface area contributed by atoms with Crippen LogP contribution in [0.5, 0.6) is 0 Å². The zero-order valence-corrected chi connectivity index (χ0v) is 13.0. The molecule has 0 amide bonds. The molecular weight excluding hydrogens is 253 g/mol. The molecule has 0 radical (unpaired) electrons. The van der Waals surface area contributed by atoms with E-state index in [2.05, 4.69) is 33.0 Å². The lowest BCUT2D eigenvalue weighted by Crippen LogP contribution is -2.22. The number of furan rings is 1. The van der Waals surface area contributed by atoms with E-state index < -0.39 is 0 Å². The highest BCUT2D eigenvalue weighted by molar-refractivity contribution is 5.85. The minimum atomic E-state index is -0.180. The third kappa shape index (κ3) is 3.04. The molecule has 0 aliphatic heterocycles. The topological polar surface area (TPSA) is 25.2 Å². The molecule has 2 rings (SSSR count). The van der Waals surface area contributed by atoms with Crippen molar-refractivity contribution < 1.29 is 8.81 Å². The summed E-state index contributed by atoms with van der Waals surface area (Å²) < 4.78 is 20.2. The average molecular weight is 277 g/mol. The van der Waals surface area contributed by atoms with Crippen molar-refractivity contribution in [3.05, 3.63) is 34.8 Å². The molecule has 0 aliphatic rings. The highest BCUT2D eigenvalue weighted by atomic mass is 19.1. The van der Waals surface area contributed by atoms with Crippen LogP contribution in [0.2, 0.25) is 0 Å². The highest BCUT2D eigenvalue weighted by Crippen LogP contribution is 2.32. The average Bonchev–Trinajstić information content (AvgIpc) is 2.71. The van der Waals surface area contributed by atoms with E-state index in [1.54, 1.807) is 6.07 Å². The van der Waals surface area contributed by atoms with Crippen LogP contribution in [0.15, 0.2) is 16.5 Å². The Balaban J connectivity index is 2.54. The second-order valence-electron chi connectivity index (χ2n) is 6.21. The number of nitrogens with one attached hydrogen (secondary N) is 1. The van der Waals surface area contributed by atoms with Crippen LogP contribution in [0.3, 0.4) is 0 Å². The number of fused-ring (bicyclic) bond motifs is 1. The summed E-state index contributed by atoms with van der Waals surface area (Å²) in [5, 5.41) is 4.03. The van der Waals surface area contributed by atoms with E-state index in [0.29, 0.717) is 29.5 Å². The number of hydrogen-bond donors (Lipinski definition) is 1. The molecule has 110 valence electrons. The van der Waals surface area contributed by atoms with Crippen molar-refractivity contribution in [1.29, 1.82) is 0 Å². The van der Waals surface area contributed by atoms with Crippen LogP contribution in [-0.2, 0) is 13.0 Å². The molecule has 0 atom stereocenters. The van der Waals surface area contributed by atoms with Gasteiger partial charge in [0.2, 0.25) is 0 Å². The van der Waals surface area contributed by atoms with Gasteiger partial charge in [-0.05, 0) is 30.9 Å². The van der Waals surface area contributed by atoms with Gasteiger partial charge in [-0.25, -0.2) is 4.39 Å². The number of aryl methyl sites for hydroxylation is 1. The summed E-state index contributed by atoms with van der Waals surface area (Å²) in [6.45, 7) is 11.1. The first-order valence-electron chi connectivity index (χ1n) is 7.32. The van der Waals surface area contributed by atoms with Crippen LogP contribution in [0, 0.1) is 18.7 Å². The molecule has 0 saturated heterocycles. The van der Waals surface area contributed by atoms with Crippen LogP contribution in [0.1, 0.15) is 44.6 Å². The Kier molecular flexibility index (Phi) is 4.48. The van der Waals surface area contributed by atoms with E-state index in [1.807, 2.05) is 6.92 Å². The van der Waals surface area contributed by atoms with E-state index in [0.717, 1.165) is 23.3 Å². The Labute approximate surface area is 120 Å². The third-order valence-corrected chi connectivity index (χ3v) is 3.45. The second-order valence-corrected chi connectivity index (χ2v) is 6.21. The molecule has 1 N–H and O–H groups in total. The number of benzene rings is 1. The zero-order valence-electron chi connectivity index (χ0n) is 13.0. The van der Waals surface area contributed by atoms with E-state index in [1.165, 1.54) is 6.07 Å². The molecule has 0 unspecified atom stereocenters. The van der Waals surface area contributed by atoms with Crippen molar-refractivity contribution in [3.8, 4) is 0 Å². The highest BCUT2D eigenvalue weighted by Gasteiger charge is 2.19. The van der Waals surface area contributed by atoms with E-state index in [4.69, 9.17) is 4.42 Å². The van der Waals surface area contributed by atoms with Gasteiger partial charge < -0.3 is 9.73 Å². The molecule has 3 heteroatoms. The van der Waals surface area contributed by atoms with Gasteiger partial charge in [0.1, 0.15) is 17.2 Å². The molecule has 0 saturated carbocycles. The van der Waals surface area contributed by atoms with Gasteiger partial charge in [-0.1, -0.05) is 33.8 Å². The number of hydrogen-bond acceptors (Lipinski definition) is 2. The van der Waals surface area contributed by atoms with Crippen molar-refractivity contribution in [2.24, 2.45) is 5.92 Å². The Morgan fingerprint density at radius 1 is 1.20 bits per heavy atom. The molecule has 1 aromatic carbocycles. The number of rotatable bonds is 5. The lowest BCUT2D eigenvalue weighted by Gasteiger charge is -2.09. The molecular formula is C17H24FNO. The maximum atomic E-state index is 14.2. The SMILES string of the molecule is Cc1ccc(F)c2c(CC(C)C)c(CNC(C)C)oc12. The quantitative estimate of drug-likeness (QED) is 0.865. The van der Waals surface area contributed by atoms with Gasteiger partial charge >= 0.3 is 0 Å². The monoisotopic (exact) mass is 277 g/mol.